The second-order valence-electron chi connectivity index (χ2n) is 4.65. The largest absolute Gasteiger partial charge is 0.497 e. The van der Waals surface area contributed by atoms with Gasteiger partial charge in [-0.05, 0) is 43.3 Å². The van der Waals surface area contributed by atoms with Gasteiger partial charge >= 0.3 is 5.97 Å². The molecule has 2 aromatic carbocycles. The molecule has 0 fully saturated rings. The van der Waals surface area contributed by atoms with Crippen LogP contribution in [-0.2, 0) is 4.74 Å². The number of carbonyl (C=O) groups is 1. The Hall–Kier alpha value is -2.93. The zero-order chi connectivity index (χ0) is 16.7. The number of hydrogen-bond donors (Lipinski definition) is 0. The van der Waals surface area contributed by atoms with E-state index < -0.39 is 0 Å². The van der Waals surface area contributed by atoms with Crippen molar-refractivity contribution in [1.82, 2.24) is 0 Å². The zero-order valence-corrected chi connectivity index (χ0v) is 13.4. The lowest BCUT2D eigenvalue weighted by Gasteiger charge is -2.04. The van der Waals surface area contributed by atoms with Crippen LogP contribution < -0.4 is 9.47 Å². The average Bonchev–Trinajstić information content (AvgIpc) is 2.60. The first-order valence-electron chi connectivity index (χ1n) is 7.18. The molecule has 0 radical (unpaired) electrons. The highest BCUT2D eigenvalue weighted by atomic mass is 16.5. The lowest BCUT2D eigenvalue weighted by molar-refractivity contribution is 0.0526. The predicted octanol–water partition coefficient (Wildman–Crippen LogP) is 3.28. The monoisotopic (exact) mass is 310 g/mol. The van der Waals surface area contributed by atoms with Crippen LogP contribution in [0, 0.1) is 11.8 Å². The van der Waals surface area contributed by atoms with Crippen LogP contribution >= 0.6 is 0 Å². The molecular weight excluding hydrogens is 292 g/mol. The summed E-state index contributed by atoms with van der Waals surface area (Å²) in [6, 6.07) is 12.4. The topological polar surface area (TPSA) is 44.8 Å². The molecule has 4 heteroatoms. The highest BCUT2D eigenvalue weighted by Gasteiger charge is 2.04. The second kappa shape index (κ2) is 7.90. The smallest absolute Gasteiger partial charge is 0.338 e. The van der Waals surface area contributed by atoms with Crippen LogP contribution in [0.4, 0.5) is 0 Å². The first kappa shape index (κ1) is 16.4. The Morgan fingerprint density at radius 2 is 1.48 bits per heavy atom. The Morgan fingerprint density at radius 1 is 0.913 bits per heavy atom. The van der Waals surface area contributed by atoms with Crippen LogP contribution in [0.25, 0.3) is 0 Å². The third-order valence-electron chi connectivity index (χ3n) is 3.10. The fourth-order valence-corrected chi connectivity index (χ4v) is 1.93. The van der Waals surface area contributed by atoms with Gasteiger partial charge < -0.3 is 14.2 Å². The minimum absolute atomic E-state index is 0.329. The van der Waals surface area contributed by atoms with E-state index in [4.69, 9.17) is 14.2 Å². The van der Waals surface area contributed by atoms with E-state index >= 15 is 0 Å². The molecule has 0 atom stereocenters. The molecule has 0 amide bonds. The van der Waals surface area contributed by atoms with E-state index in [9.17, 15) is 4.79 Å². The van der Waals surface area contributed by atoms with Gasteiger partial charge in [0.05, 0.1) is 26.4 Å². The van der Waals surface area contributed by atoms with Crippen molar-refractivity contribution in [2.24, 2.45) is 0 Å². The maximum Gasteiger partial charge on any atom is 0.338 e. The Labute approximate surface area is 136 Å². The molecule has 0 saturated carbocycles. The molecule has 0 aliphatic rings. The van der Waals surface area contributed by atoms with Crippen LogP contribution in [-0.4, -0.2) is 26.8 Å². The summed E-state index contributed by atoms with van der Waals surface area (Å²) in [5.74, 6) is 7.15. The number of hydrogen-bond acceptors (Lipinski definition) is 4. The van der Waals surface area contributed by atoms with Crippen LogP contribution in [0.1, 0.15) is 28.4 Å². The van der Waals surface area contributed by atoms with Crippen molar-refractivity contribution < 1.29 is 19.0 Å². The number of rotatable bonds is 4. The summed E-state index contributed by atoms with van der Waals surface area (Å²) < 4.78 is 15.4. The van der Waals surface area contributed by atoms with Crippen molar-refractivity contribution in [2.45, 2.75) is 6.92 Å². The standard InChI is InChI=1S/C19H18O4/c1-4-23-19(20)16-9-7-14(8-10-16)5-6-15-11-17(21-2)13-18(12-15)22-3/h7-13H,4H2,1-3H3. The molecule has 0 aliphatic heterocycles. The summed E-state index contributed by atoms with van der Waals surface area (Å²) >= 11 is 0. The Balaban J connectivity index is 2.20. The summed E-state index contributed by atoms with van der Waals surface area (Å²) in [6.45, 7) is 2.14. The van der Waals surface area contributed by atoms with Crippen molar-refractivity contribution >= 4 is 5.97 Å². The van der Waals surface area contributed by atoms with E-state index in [1.165, 1.54) is 0 Å². The minimum atomic E-state index is -0.329. The SMILES string of the molecule is CCOC(=O)c1ccc(C#Cc2cc(OC)cc(OC)c2)cc1. The molecule has 0 aromatic heterocycles. The van der Waals surface area contributed by atoms with Crippen molar-refractivity contribution in [1.29, 1.82) is 0 Å². The van der Waals surface area contributed by atoms with E-state index in [1.54, 1.807) is 51.5 Å². The highest BCUT2D eigenvalue weighted by Crippen LogP contribution is 2.21. The number of esters is 1. The number of carbonyl (C=O) groups excluding carboxylic acids is 1. The molecule has 118 valence electrons. The van der Waals surface area contributed by atoms with Crippen LogP contribution in [0.3, 0.4) is 0 Å². The van der Waals surface area contributed by atoms with Crippen LogP contribution in [0.2, 0.25) is 0 Å². The molecule has 0 spiro atoms. The third-order valence-corrected chi connectivity index (χ3v) is 3.10. The number of methoxy groups -OCH3 is 2. The molecule has 2 rings (SSSR count). The number of ether oxygens (including phenoxy) is 3. The van der Waals surface area contributed by atoms with Gasteiger partial charge in [-0.25, -0.2) is 4.79 Å². The van der Waals surface area contributed by atoms with Crippen molar-refractivity contribution in [3.8, 4) is 23.3 Å². The van der Waals surface area contributed by atoms with Gasteiger partial charge in [0.15, 0.2) is 0 Å². The quantitative estimate of drug-likeness (QED) is 0.642. The molecule has 0 N–H and O–H groups in total. The summed E-state index contributed by atoms with van der Waals surface area (Å²) in [4.78, 5) is 11.6. The molecule has 23 heavy (non-hydrogen) atoms. The molecule has 0 unspecified atom stereocenters. The van der Waals surface area contributed by atoms with Gasteiger partial charge in [0.1, 0.15) is 11.5 Å². The van der Waals surface area contributed by atoms with E-state index in [0.29, 0.717) is 23.7 Å². The summed E-state index contributed by atoms with van der Waals surface area (Å²) in [5, 5.41) is 0. The van der Waals surface area contributed by atoms with Crippen LogP contribution in [0.5, 0.6) is 11.5 Å². The van der Waals surface area contributed by atoms with E-state index in [0.717, 1.165) is 11.1 Å². The first-order valence-corrected chi connectivity index (χ1v) is 7.18. The van der Waals surface area contributed by atoms with E-state index in [2.05, 4.69) is 11.8 Å². The molecule has 0 bridgehead atoms. The van der Waals surface area contributed by atoms with Gasteiger partial charge in [-0.3, -0.25) is 0 Å². The molecule has 4 nitrogen and oxygen atoms in total. The minimum Gasteiger partial charge on any atom is -0.497 e. The molecule has 0 aliphatic carbocycles. The van der Waals surface area contributed by atoms with E-state index in [1.807, 2.05) is 12.1 Å². The van der Waals surface area contributed by atoms with Crippen molar-refractivity contribution in [2.75, 3.05) is 20.8 Å². The summed E-state index contributed by atoms with van der Waals surface area (Å²) in [7, 11) is 3.19. The van der Waals surface area contributed by atoms with Gasteiger partial charge in [-0.1, -0.05) is 11.8 Å². The Bertz CT molecular complexity index is 714. The van der Waals surface area contributed by atoms with Crippen molar-refractivity contribution in [3.63, 3.8) is 0 Å². The van der Waals surface area contributed by atoms with E-state index in [-0.39, 0.29) is 5.97 Å². The van der Waals surface area contributed by atoms with Gasteiger partial charge in [0.25, 0.3) is 0 Å². The van der Waals surface area contributed by atoms with Crippen LogP contribution in [0.15, 0.2) is 42.5 Å². The molecular formula is C19H18O4. The van der Waals surface area contributed by atoms with Gasteiger partial charge in [-0.15, -0.1) is 0 Å². The summed E-state index contributed by atoms with van der Waals surface area (Å²) in [6.07, 6.45) is 0. The fourth-order valence-electron chi connectivity index (χ4n) is 1.93. The zero-order valence-electron chi connectivity index (χ0n) is 13.4. The average molecular weight is 310 g/mol. The van der Waals surface area contributed by atoms with Crippen molar-refractivity contribution in [3.05, 3.63) is 59.2 Å². The maximum absolute atomic E-state index is 11.6. The molecule has 0 heterocycles. The maximum atomic E-state index is 11.6. The number of benzene rings is 2. The summed E-state index contributed by atoms with van der Waals surface area (Å²) in [5.41, 5.74) is 2.11. The predicted molar refractivity (Wildman–Crippen MR) is 87.9 cm³/mol. The van der Waals surface area contributed by atoms with Gasteiger partial charge in [0, 0.05) is 17.2 Å². The molecule has 0 saturated heterocycles. The van der Waals surface area contributed by atoms with Gasteiger partial charge in [0.2, 0.25) is 0 Å². The Kier molecular flexibility index (Phi) is 5.65. The second-order valence-corrected chi connectivity index (χ2v) is 4.65. The fraction of sp³-hybridized carbons (Fsp3) is 0.211. The lowest BCUT2D eigenvalue weighted by Crippen LogP contribution is -2.04. The first-order chi connectivity index (χ1) is 11.2. The molecule has 2 aromatic rings. The Morgan fingerprint density at radius 3 is 2.00 bits per heavy atom. The third kappa shape index (κ3) is 4.52. The lowest BCUT2D eigenvalue weighted by atomic mass is 10.1. The normalized spacial score (nSPS) is 9.52. The van der Waals surface area contributed by atoms with Gasteiger partial charge in [-0.2, -0.15) is 0 Å². The highest BCUT2D eigenvalue weighted by molar-refractivity contribution is 5.89.